The molecule has 5 rings (SSSR count). The summed E-state index contributed by atoms with van der Waals surface area (Å²) in [4.78, 5) is 42.3. The Kier molecular flexibility index (Phi) is 5.65. The van der Waals surface area contributed by atoms with Crippen molar-refractivity contribution in [2.24, 2.45) is 0 Å². The molecule has 0 aliphatic carbocycles. The van der Waals surface area contributed by atoms with Crippen molar-refractivity contribution in [2.45, 2.75) is 38.3 Å². The predicted molar refractivity (Wildman–Crippen MR) is 132 cm³/mol. The summed E-state index contributed by atoms with van der Waals surface area (Å²) in [6.07, 6.45) is 1.78. The molecule has 1 unspecified atom stereocenters. The molecule has 1 N–H and O–H groups in total. The van der Waals surface area contributed by atoms with Crippen molar-refractivity contribution >= 4 is 29.1 Å². The summed E-state index contributed by atoms with van der Waals surface area (Å²) in [6.45, 7) is 2.35. The lowest BCUT2D eigenvalue weighted by atomic mass is 9.98. The van der Waals surface area contributed by atoms with Crippen molar-refractivity contribution in [3.8, 4) is 11.1 Å². The number of rotatable bonds is 6. The van der Waals surface area contributed by atoms with Crippen molar-refractivity contribution in [1.82, 2.24) is 4.90 Å². The maximum Gasteiger partial charge on any atom is 0.257 e. The Labute approximate surface area is 199 Å². The molecule has 3 aromatic rings. The standard InChI is InChI=1S/C28H27N3O3/c1-28-18-17-26(33)31(28)24-15-8-6-13-22(24)27(34)30(28)19-9-16-25(32)29-23-14-7-5-12-21(23)20-10-3-2-4-11-20/h2-8,10-15H,9,16-19H2,1H3,(H,29,32). The van der Waals surface area contributed by atoms with Gasteiger partial charge in [-0.2, -0.15) is 0 Å². The van der Waals surface area contributed by atoms with Gasteiger partial charge in [-0.3, -0.25) is 19.3 Å². The molecular formula is C28H27N3O3. The molecule has 34 heavy (non-hydrogen) atoms. The highest BCUT2D eigenvalue weighted by molar-refractivity contribution is 6.10. The van der Waals surface area contributed by atoms with E-state index in [0.717, 1.165) is 16.8 Å². The first-order chi connectivity index (χ1) is 16.5. The van der Waals surface area contributed by atoms with E-state index in [4.69, 9.17) is 0 Å². The van der Waals surface area contributed by atoms with E-state index in [1.807, 2.05) is 79.7 Å². The number of carbonyl (C=O) groups excluding carboxylic acids is 3. The van der Waals surface area contributed by atoms with Crippen LogP contribution in [0.15, 0.2) is 78.9 Å². The van der Waals surface area contributed by atoms with Gasteiger partial charge in [0.1, 0.15) is 5.66 Å². The number of carbonyl (C=O) groups is 3. The molecule has 3 amide bonds. The Balaban J connectivity index is 1.28. The van der Waals surface area contributed by atoms with Gasteiger partial charge in [0.2, 0.25) is 11.8 Å². The molecule has 6 heteroatoms. The fraction of sp³-hybridized carbons (Fsp3) is 0.250. The van der Waals surface area contributed by atoms with Crippen LogP contribution in [0, 0.1) is 0 Å². The third kappa shape index (κ3) is 3.75. The average Bonchev–Trinajstić information content (AvgIpc) is 3.17. The highest BCUT2D eigenvalue weighted by atomic mass is 16.2. The molecular weight excluding hydrogens is 426 g/mol. The van der Waals surface area contributed by atoms with Crippen molar-refractivity contribution < 1.29 is 14.4 Å². The van der Waals surface area contributed by atoms with Crippen LogP contribution in [0.1, 0.15) is 43.0 Å². The summed E-state index contributed by atoms with van der Waals surface area (Å²) in [6, 6.07) is 24.9. The first-order valence-corrected chi connectivity index (χ1v) is 11.7. The molecule has 1 atom stereocenters. The van der Waals surface area contributed by atoms with Crippen LogP contribution in [0.2, 0.25) is 0 Å². The summed E-state index contributed by atoms with van der Waals surface area (Å²) < 4.78 is 0. The molecule has 1 fully saturated rings. The largest absolute Gasteiger partial charge is 0.326 e. The maximum absolute atomic E-state index is 13.3. The number of anilines is 2. The number of benzene rings is 3. The summed E-state index contributed by atoms with van der Waals surface area (Å²) in [5.74, 6) is -0.153. The second-order valence-corrected chi connectivity index (χ2v) is 8.98. The van der Waals surface area contributed by atoms with Crippen molar-refractivity contribution in [3.63, 3.8) is 0 Å². The zero-order chi connectivity index (χ0) is 23.7. The SMILES string of the molecule is CC12CCC(=O)N1c1ccccc1C(=O)N2CCCC(=O)Nc1ccccc1-c1ccccc1. The smallest absolute Gasteiger partial charge is 0.257 e. The van der Waals surface area contributed by atoms with E-state index in [2.05, 4.69) is 5.32 Å². The zero-order valence-corrected chi connectivity index (χ0v) is 19.2. The van der Waals surface area contributed by atoms with E-state index in [-0.39, 0.29) is 24.1 Å². The second kappa shape index (κ2) is 8.78. The van der Waals surface area contributed by atoms with Crippen LogP contribution in [0.25, 0.3) is 11.1 Å². The van der Waals surface area contributed by atoms with Crippen LogP contribution in [0.4, 0.5) is 11.4 Å². The van der Waals surface area contributed by atoms with Gasteiger partial charge in [-0.25, -0.2) is 0 Å². The molecule has 172 valence electrons. The van der Waals surface area contributed by atoms with Crippen LogP contribution in [0.3, 0.4) is 0 Å². The van der Waals surface area contributed by atoms with Gasteiger partial charge < -0.3 is 10.2 Å². The van der Waals surface area contributed by atoms with Crippen molar-refractivity contribution in [2.75, 3.05) is 16.8 Å². The summed E-state index contributed by atoms with van der Waals surface area (Å²) in [5.41, 5.74) is 3.29. The Bertz CT molecular complexity index is 1260. The Morgan fingerprint density at radius 1 is 0.912 bits per heavy atom. The Morgan fingerprint density at radius 2 is 1.59 bits per heavy atom. The molecule has 0 spiro atoms. The molecule has 3 aromatic carbocycles. The van der Waals surface area contributed by atoms with Gasteiger partial charge in [0.05, 0.1) is 11.3 Å². The molecule has 2 heterocycles. The van der Waals surface area contributed by atoms with Crippen molar-refractivity contribution in [3.05, 3.63) is 84.4 Å². The predicted octanol–water partition coefficient (Wildman–Crippen LogP) is 5.07. The number of para-hydroxylation sites is 2. The Morgan fingerprint density at radius 3 is 2.38 bits per heavy atom. The molecule has 6 nitrogen and oxygen atoms in total. The van der Waals surface area contributed by atoms with Gasteiger partial charge in [0.15, 0.2) is 0 Å². The minimum absolute atomic E-state index is 0.0303. The summed E-state index contributed by atoms with van der Waals surface area (Å²) in [5, 5.41) is 3.03. The maximum atomic E-state index is 13.3. The summed E-state index contributed by atoms with van der Waals surface area (Å²) in [7, 11) is 0. The molecule has 0 saturated carbocycles. The van der Waals surface area contributed by atoms with Crippen LogP contribution in [-0.4, -0.2) is 34.8 Å². The monoisotopic (exact) mass is 453 g/mol. The number of hydrogen-bond acceptors (Lipinski definition) is 3. The molecule has 2 aliphatic rings. The van der Waals surface area contributed by atoms with Gasteiger partial charge in [-0.05, 0) is 43.5 Å². The third-order valence-electron chi connectivity index (χ3n) is 6.82. The quantitative estimate of drug-likeness (QED) is 0.566. The van der Waals surface area contributed by atoms with Gasteiger partial charge in [0, 0.05) is 30.6 Å². The lowest BCUT2D eigenvalue weighted by Gasteiger charge is -2.48. The summed E-state index contributed by atoms with van der Waals surface area (Å²) >= 11 is 0. The molecule has 0 bridgehead atoms. The second-order valence-electron chi connectivity index (χ2n) is 8.98. The fourth-order valence-electron chi connectivity index (χ4n) is 5.11. The van der Waals surface area contributed by atoms with E-state index >= 15 is 0 Å². The lowest BCUT2D eigenvalue weighted by Crippen LogP contribution is -2.62. The molecule has 0 radical (unpaired) electrons. The minimum Gasteiger partial charge on any atom is -0.326 e. The molecule has 1 saturated heterocycles. The van der Waals surface area contributed by atoms with Crippen LogP contribution >= 0.6 is 0 Å². The fourth-order valence-corrected chi connectivity index (χ4v) is 5.11. The van der Waals surface area contributed by atoms with Gasteiger partial charge >= 0.3 is 0 Å². The van der Waals surface area contributed by atoms with E-state index in [1.54, 1.807) is 15.9 Å². The van der Waals surface area contributed by atoms with Crippen molar-refractivity contribution in [1.29, 1.82) is 0 Å². The van der Waals surface area contributed by atoms with E-state index < -0.39 is 5.66 Å². The normalized spacial score (nSPS) is 19.1. The lowest BCUT2D eigenvalue weighted by molar-refractivity contribution is -0.118. The number of nitrogens with zero attached hydrogens (tertiary/aromatic N) is 2. The average molecular weight is 454 g/mol. The van der Waals surface area contributed by atoms with Crippen LogP contribution in [-0.2, 0) is 9.59 Å². The van der Waals surface area contributed by atoms with Gasteiger partial charge in [0.25, 0.3) is 5.91 Å². The van der Waals surface area contributed by atoms with Crippen LogP contribution in [0.5, 0.6) is 0 Å². The topological polar surface area (TPSA) is 69.7 Å². The zero-order valence-electron chi connectivity index (χ0n) is 19.2. The number of nitrogens with one attached hydrogen (secondary N) is 1. The van der Waals surface area contributed by atoms with E-state index in [9.17, 15) is 14.4 Å². The number of fused-ring (bicyclic) bond motifs is 3. The molecule has 2 aliphatic heterocycles. The van der Waals surface area contributed by atoms with Crippen LogP contribution < -0.4 is 10.2 Å². The number of hydrogen-bond donors (Lipinski definition) is 1. The minimum atomic E-state index is -0.696. The molecule has 0 aromatic heterocycles. The third-order valence-corrected chi connectivity index (χ3v) is 6.82. The first-order valence-electron chi connectivity index (χ1n) is 11.7. The highest BCUT2D eigenvalue weighted by Crippen LogP contribution is 2.44. The Hall–Kier alpha value is -3.93. The number of amides is 3. The van der Waals surface area contributed by atoms with E-state index in [0.29, 0.717) is 37.1 Å². The van der Waals surface area contributed by atoms with E-state index in [1.165, 1.54) is 0 Å². The van der Waals surface area contributed by atoms with Gasteiger partial charge in [-0.1, -0.05) is 60.7 Å². The first kappa shape index (κ1) is 21.9. The van der Waals surface area contributed by atoms with Gasteiger partial charge in [-0.15, -0.1) is 0 Å². The highest BCUT2D eigenvalue weighted by Gasteiger charge is 2.52.